The molecule has 2 aromatic carbocycles. The third kappa shape index (κ3) is 7.30. The first kappa shape index (κ1) is 28.6. The molecule has 0 saturated carbocycles. The van der Waals surface area contributed by atoms with Crippen molar-refractivity contribution in [1.29, 1.82) is 0 Å². The van der Waals surface area contributed by atoms with Gasteiger partial charge in [-0.3, -0.25) is 9.59 Å². The second kappa shape index (κ2) is 12.1. The lowest BCUT2D eigenvalue weighted by molar-refractivity contribution is -0.135. The van der Waals surface area contributed by atoms with Gasteiger partial charge in [0.2, 0.25) is 0 Å². The molecule has 10 nitrogen and oxygen atoms in total. The maximum Gasteiger partial charge on any atom is 0.353 e. The highest BCUT2D eigenvalue weighted by molar-refractivity contribution is 7.90. The highest BCUT2D eigenvalue weighted by Gasteiger charge is 2.32. The molecule has 0 aromatic heterocycles. The van der Waals surface area contributed by atoms with Crippen LogP contribution in [0.2, 0.25) is 0 Å². The Bertz CT molecular complexity index is 1350. The molecule has 38 heavy (non-hydrogen) atoms. The molecule has 2 amide bonds. The molecular weight excluding hydrogens is 510 g/mol. The number of hydrogen-bond donors (Lipinski definition) is 4. The summed E-state index contributed by atoms with van der Waals surface area (Å²) in [5.41, 5.74) is 0.0308. The van der Waals surface area contributed by atoms with E-state index in [1.165, 1.54) is 23.1 Å². The molecule has 0 aliphatic carbocycles. The van der Waals surface area contributed by atoms with Gasteiger partial charge in [-0.25, -0.2) is 17.9 Å². The van der Waals surface area contributed by atoms with E-state index < -0.39 is 27.3 Å². The molecular formula is C27H31N3O7S. The lowest BCUT2D eigenvalue weighted by Gasteiger charge is -2.34. The van der Waals surface area contributed by atoms with Gasteiger partial charge in [0.05, 0.1) is 10.5 Å². The van der Waals surface area contributed by atoms with E-state index in [1.807, 2.05) is 10.8 Å². The highest BCUT2D eigenvalue weighted by atomic mass is 32.2. The molecule has 202 valence electrons. The number of carboxylic acid groups (broad SMARTS) is 1. The molecule has 3 rings (SSSR count). The Labute approximate surface area is 221 Å². The van der Waals surface area contributed by atoms with Crippen molar-refractivity contribution in [2.24, 2.45) is 5.41 Å². The Hall–Kier alpha value is -3.96. The smallest absolute Gasteiger partial charge is 0.353 e. The van der Waals surface area contributed by atoms with Gasteiger partial charge in [0.1, 0.15) is 5.70 Å². The predicted molar refractivity (Wildman–Crippen MR) is 140 cm³/mol. The average Bonchev–Trinajstić information content (AvgIpc) is 2.88. The van der Waals surface area contributed by atoms with Crippen molar-refractivity contribution in [3.8, 4) is 0 Å². The van der Waals surface area contributed by atoms with Gasteiger partial charge in [0, 0.05) is 37.2 Å². The molecule has 2 aromatic rings. The monoisotopic (exact) mass is 541 g/mol. The molecule has 0 unspecified atom stereocenters. The van der Waals surface area contributed by atoms with Crippen molar-refractivity contribution in [2.45, 2.75) is 25.2 Å². The second-order valence-electron chi connectivity index (χ2n) is 9.62. The number of carbonyl (C=O) groups excluding carboxylic acids is 2. The van der Waals surface area contributed by atoms with E-state index >= 15 is 0 Å². The number of benzene rings is 2. The molecule has 0 radical (unpaired) electrons. The maximum absolute atomic E-state index is 12.9. The number of rotatable bonds is 11. The number of amides is 2. The van der Waals surface area contributed by atoms with Crippen LogP contribution in [0.5, 0.6) is 0 Å². The number of aliphatic hydroxyl groups excluding tert-OH is 1. The van der Waals surface area contributed by atoms with Crippen LogP contribution < -0.4 is 10.0 Å². The summed E-state index contributed by atoms with van der Waals surface area (Å²) >= 11 is 0. The van der Waals surface area contributed by atoms with E-state index in [2.05, 4.69) is 5.32 Å². The first-order chi connectivity index (χ1) is 17.9. The second-order valence-corrected chi connectivity index (χ2v) is 11.3. The van der Waals surface area contributed by atoms with Crippen LogP contribution in [0.15, 0.2) is 82.9 Å². The standard InChI is InChI=1S/C27H31N3O7S/c1-27(2,18-31)17-30-16-6-9-22(23(30)26(34)35)25(33)29-38(36,37)21-12-10-19(11-13-21)14-15-28-24(32)20-7-4-3-5-8-20/h3-13,31H,14-18H2,1-2H3,(H,28,32)(H,29,33)(H,34,35). The van der Waals surface area contributed by atoms with Gasteiger partial charge in [-0.05, 0) is 42.3 Å². The van der Waals surface area contributed by atoms with Crippen LogP contribution in [0.4, 0.5) is 0 Å². The molecule has 0 bridgehead atoms. The lowest BCUT2D eigenvalue weighted by atomic mass is 9.93. The van der Waals surface area contributed by atoms with Crippen LogP contribution in [0, 0.1) is 5.41 Å². The summed E-state index contributed by atoms with van der Waals surface area (Å²) < 4.78 is 27.7. The van der Waals surface area contributed by atoms with Crippen LogP contribution in [-0.4, -0.2) is 67.6 Å². The summed E-state index contributed by atoms with van der Waals surface area (Å²) in [6.07, 6.45) is 3.31. The molecule has 0 fully saturated rings. The maximum atomic E-state index is 12.9. The number of sulfonamides is 1. The lowest BCUT2D eigenvalue weighted by Crippen LogP contribution is -2.42. The Balaban J connectivity index is 1.68. The third-order valence-electron chi connectivity index (χ3n) is 5.87. The molecule has 1 aliphatic rings. The summed E-state index contributed by atoms with van der Waals surface area (Å²) in [5.74, 6) is -2.66. The Kier molecular flexibility index (Phi) is 9.08. The summed E-state index contributed by atoms with van der Waals surface area (Å²) in [6.45, 7) is 3.98. The summed E-state index contributed by atoms with van der Waals surface area (Å²) in [6, 6.07) is 14.6. The number of aliphatic carboxylic acids is 1. The Morgan fingerprint density at radius 3 is 2.26 bits per heavy atom. The first-order valence-corrected chi connectivity index (χ1v) is 13.4. The van der Waals surface area contributed by atoms with Crippen LogP contribution in [0.25, 0.3) is 0 Å². The van der Waals surface area contributed by atoms with E-state index in [0.717, 1.165) is 5.56 Å². The molecule has 1 heterocycles. The van der Waals surface area contributed by atoms with Crippen LogP contribution in [0.1, 0.15) is 29.8 Å². The van der Waals surface area contributed by atoms with E-state index in [0.29, 0.717) is 18.5 Å². The highest BCUT2D eigenvalue weighted by Crippen LogP contribution is 2.24. The number of hydrogen-bond acceptors (Lipinski definition) is 7. The zero-order chi connectivity index (χ0) is 27.9. The Morgan fingerprint density at radius 1 is 1.00 bits per heavy atom. The van der Waals surface area contributed by atoms with Gasteiger partial charge in [-0.15, -0.1) is 0 Å². The Morgan fingerprint density at radius 2 is 1.66 bits per heavy atom. The molecule has 0 saturated heterocycles. The van der Waals surface area contributed by atoms with Gasteiger partial charge in [0.25, 0.3) is 21.8 Å². The minimum atomic E-state index is -4.29. The van der Waals surface area contributed by atoms with Crippen molar-refractivity contribution in [1.82, 2.24) is 14.9 Å². The third-order valence-corrected chi connectivity index (χ3v) is 7.22. The average molecular weight is 542 g/mol. The minimum absolute atomic E-state index is 0.145. The molecule has 4 N–H and O–H groups in total. The number of carbonyl (C=O) groups is 3. The van der Waals surface area contributed by atoms with Crippen molar-refractivity contribution < 1.29 is 33.0 Å². The van der Waals surface area contributed by atoms with E-state index in [-0.39, 0.29) is 41.8 Å². The zero-order valence-electron chi connectivity index (χ0n) is 21.2. The van der Waals surface area contributed by atoms with Gasteiger partial charge in [-0.2, -0.15) is 0 Å². The van der Waals surface area contributed by atoms with Crippen LogP contribution in [0.3, 0.4) is 0 Å². The summed E-state index contributed by atoms with van der Waals surface area (Å²) in [5, 5.41) is 22.1. The van der Waals surface area contributed by atoms with Crippen molar-refractivity contribution >= 4 is 27.8 Å². The van der Waals surface area contributed by atoms with Gasteiger partial charge in [-0.1, -0.05) is 50.3 Å². The number of carboxylic acids is 1. The van der Waals surface area contributed by atoms with Crippen LogP contribution in [-0.2, 0) is 26.0 Å². The van der Waals surface area contributed by atoms with E-state index in [1.54, 1.807) is 56.3 Å². The van der Waals surface area contributed by atoms with Gasteiger partial charge < -0.3 is 20.4 Å². The summed E-state index contributed by atoms with van der Waals surface area (Å²) in [4.78, 5) is 38.3. The molecule has 11 heteroatoms. The number of aliphatic hydroxyl groups is 1. The van der Waals surface area contributed by atoms with Crippen molar-refractivity contribution in [2.75, 3.05) is 26.2 Å². The normalized spacial score (nSPS) is 13.8. The quantitative estimate of drug-likeness (QED) is 0.335. The van der Waals surface area contributed by atoms with Gasteiger partial charge >= 0.3 is 5.97 Å². The fourth-order valence-electron chi connectivity index (χ4n) is 3.87. The minimum Gasteiger partial charge on any atom is -0.477 e. The van der Waals surface area contributed by atoms with Crippen LogP contribution >= 0.6 is 0 Å². The largest absolute Gasteiger partial charge is 0.477 e. The fourth-order valence-corrected chi connectivity index (χ4v) is 4.83. The van der Waals surface area contributed by atoms with Gasteiger partial charge in [0.15, 0.2) is 0 Å². The van der Waals surface area contributed by atoms with Crippen molar-refractivity contribution in [3.63, 3.8) is 0 Å². The topological polar surface area (TPSA) is 153 Å². The molecule has 0 spiro atoms. The van der Waals surface area contributed by atoms with E-state index in [9.17, 15) is 33.0 Å². The molecule has 1 aliphatic heterocycles. The number of nitrogens with one attached hydrogen (secondary N) is 2. The SMILES string of the molecule is CC(C)(CO)CN1CC=CC(C(=O)NS(=O)(=O)c2ccc(CCNC(=O)c3ccccc3)cc2)=C1C(=O)O. The predicted octanol–water partition coefficient (Wildman–Crippen LogP) is 1.69. The van der Waals surface area contributed by atoms with Crippen molar-refractivity contribution in [3.05, 3.63) is 89.1 Å². The fraction of sp³-hybridized carbons (Fsp3) is 0.296. The number of nitrogens with zero attached hydrogens (tertiary/aromatic N) is 1. The first-order valence-electron chi connectivity index (χ1n) is 11.9. The zero-order valence-corrected chi connectivity index (χ0v) is 22.0. The molecule has 0 atom stereocenters. The van der Waals surface area contributed by atoms with E-state index in [4.69, 9.17) is 0 Å². The summed E-state index contributed by atoms with van der Waals surface area (Å²) in [7, 11) is -4.29.